The summed E-state index contributed by atoms with van der Waals surface area (Å²) in [7, 11) is 0. The van der Waals surface area contributed by atoms with Crippen molar-refractivity contribution in [3.8, 4) is 0 Å². The number of H-pyrrole nitrogens is 1. The molecule has 0 atom stereocenters. The number of nitrogens with one attached hydrogen (secondary N) is 2. The zero-order valence-electron chi connectivity index (χ0n) is 9.56. The topological polar surface area (TPSA) is 57.8 Å². The first-order chi connectivity index (χ1) is 8.74. The largest absolute Gasteiger partial charge is 0.347 e. The summed E-state index contributed by atoms with van der Waals surface area (Å²) < 4.78 is 0. The number of carbonyl (C=O) groups is 1. The first-order valence-electron chi connectivity index (χ1n) is 5.43. The number of halogens is 1. The number of benzene rings is 1. The van der Waals surface area contributed by atoms with Gasteiger partial charge in [-0.1, -0.05) is 23.7 Å². The summed E-state index contributed by atoms with van der Waals surface area (Å²) in [5.41, 5.74) is 1.75. The molecule has 4 nitrogen and oxygen atoms in total. The van der Waals surface area contributed by atoms with Crippen LogP contribution in [0.25, 0.3) is 6.08 Å². The maximum Gasteiger partial charge on any atom is 0.244 e. The van der Waals surface area contributed by atoms with E-state index >= 15 is 0 Å². The van der Waals surface area contributed by atoms with Gasteiger partial charge in [-0.25, -0.2) is 4.98 Å². The van der Waals surface area contributed by atoms with Crippen LogP contribution in [0.3, 0.4) is 0 Å². The average Bonchev–Trinajstić information content (AvgIpc) is 2.87. The van der Waals surface area contributed by atoms with Gasteiger partial charge in [0.2, 0.25) is 5.91 Å². The fourth-order valence-electron chi connectivity index (χ4n) is 1.40. The van der Waals surface area contributed by atoms with Crippen molar-refractivity contribution in [3.05, 3.63) is 59.1 Å². The molecule has 1 aromatic heterocycles. The number of nitrogens with zero attached hydrogens (tertiary/aromatic N) is 1. The number of hydrogen-bond donors (Lipinski definition) is 2. The van der Waals surface area contributed by atoms with Gasteiger partial charge in [-0.15, -0.1) is 0 Å². The lowest BCUT2D eigenvalue weighted by Gasteiger charge is -1.99. The third-order valence-corrected chi connectivity index (χ3v) is 2.52. The Balaban J connectivity index is 1.87. The van der Waals surface area contributed by atoms with E-state index in [0.29, 0.717) is 11.6 Å². The number of amides is 1. The van der Waals surface area contributed by atoms with Gasteiger partial charge in [0.25, 0.3) is 0 Å². The Labute approximate surface area is 110 Å². The summed E-state index contributed by atoms with van der Waals surface area (Å²) in [6, 6.07) is 7.30. The highest BCUT2D eigenvalue weighted by Crippen LogP contribution is 2.11. The van der Waals surface area contributed by atoms with E-state index in [0.717, 1.165) is 11.3 Å². The third-order valence-electron chi connectivity index (χ3n) is 2.28. The molecule has 0 bridgehead atoms. The Morgan fingerprint density at radius 2 is 2.39 bits per heavy atom. The van der Waals surface area contributed by atoms with E-state index in [1.54, 1.807) is 30.7 Å². The van der Waals surface area contributed by atoms with Gasteiger partial charge in [0.05, 0.1) is 18.6 Å². The van der Waals surface area contributed by atoms with E-state index in [-0.39, 0.29) is 5.91 Å². The van der Waals surface area contributed by atoms with Crippen LogP contribution < -0.4 is 5.32 Å². The molecule has 1 heterocycles. The lowest BCUT2D eigenvalue weighted by Crippen LogP contribution is -2.20. The normalized spacial score (nSPS) is 10.7. The highest BCUT2D eigenvalue weighted by molar-refractivity contribution is 6.30. The minimum absolute atomic E-state index is 0.162. The predicted octanol–water partition coefficient (Wildman–Crippen LogP) is 2.39. The maximum atomic E-state index is 11.5. The van der Waals surface area contributed by atoms with Crippen molar-refractivity contribution in [3.63, 3.8) is 0 Å². The SMILES string of the molecule is O=C(C=Cc1cccc(Cl)c1)NCc1cnc[nH]1. The van der Waals surface area contributed by atoms with E-state index < -0.39 is 0 Å². The van der Waals surface area contributed by atoms with Crippen LogP contribution in [-0.4, -0.2) is 15.9 Å². The van der Waals surface area contributed by atoms with Crippen LogP contribution in [0.15, 0.2) is 42.9 Å². The Hall–Kier alpha value is -2.07. The predicted molar refractivity (Wildman–Crippen MR) is 70.9 cm³/mol. The number of rotatable bonds is 4. The van der Waals surface area contributed by atoms with Crippen molar-refractivity contribution < 1.29 is 4.79 Å². The van der Waals surface area contributed by atoms with Gasteiger partial charge in [-0.2, -0.15) is 0 Å². The molecule has 0 aliphatic carbocycles. The lowest BCUT2D eigenvalue weighted by molar-refractivity contribution is -0.116. The molecule has 0 spiro atoms. The van der Waals surface area contributed by atoms with E-state index in [1.807, 2.05) is 12.1 Å². The van der Waals surface area contributed by atoms with Gasteiger partial charge < -0.3 is 10.3 Å². The lowest BCUT2D eigenvalue weighted by atomic mass is 10.2. The zero-order valence-corrected chi connectivity index (χ0v) is 10.3. The number of carbonyl (C=O) groups excluding carboxylic acids is 1. The Morgan fingerprint density at radius 3 is 3.11 bits per heavy atom. The third kappa shape index (κ3) is 3.75. The van der Waals surface area contributed by atoms with Gasteiger partial charge in [0.1, 0.15) is 0 Å². The van der Waals surface area contributed by atoms with E-state index in [4.69, 9.17) is 11.6 Å². The second-order valence-electron chi connectivity index (χ2n) is 3.68. The monoisotopic (exact) mass is 261 g/mol. The quantitative estimate of drug-likeness (QED) is 0.831. The molecule has 0 aliphatic heterocycles. The van der Waals surface area contributed by atoms with Gasteiger partial charge in [0, 0.05) is 17.3 Å². The zero-order chi connectivity index (χ0) is 12.8. The molecule has 18 heavy (non-hydrogen) atoms. The van der Waals surface area contributed by atoms with E-state index in [2.05, 4.69) is 15.3 Å². The number of aromatic amines is 1. The molecule has 0 saturated heterocycles. The standard InChI is InChI=1S/C13H12ClN3O/c14-11-3-1-2-10(6-11)4-5-13(18)16-8-12-7-15-9-17-12/h1-7,9H,8H2,(H,15,17)(H,16,18). The van der Waals surface area contributed by atoms with Crippen molar-refractivity contribution in [1.82, 2.24) is 15.3 Å². The Kier molecular flexibility index (Phi) is 4.15. The van der Waals surface area contributed by atoms with Gasteiger partial charge in [0.15, 0.2) is 0 Å². The summed E-state index contributed by atoms with van der Waals surface area (Å²) in [6.07, 6.45) is 6.43. The summed E-state index contributed by atoms with van der Waals surface area (Å²) in [6.45, 7) is 0.429. The van der Waals surface area contributed by atoms with Gasteiger partial charge in [-0.05, 0) is 23.8 Å². The van der Waals surface area contributed by atoms with Gasteiger partial charge >= 0.3 is 0 Å². The molecule has 0 aliphatic rings. The number of aromatic nitrogens is 2. The van der Waals surface area contributed by atoms with Crippen LogP contribution in [0.5, 0.6) is 0 Å². The van der Waals surface area contributed by atoms with Crippen molar-refractivity contribution in [1.29, 1.82) is 0 Å². The summed E-state index contributed by atoms with van der Waals surface area (Å²) in [4.78, 5) is 18.3. The van der Waals surface area contributed by atoms with Crippen LogP contribution in [0.2, 0.25) is 5.02 Å². The summed E-state index contributed by atoms with van der Waals surface area (Å²) >= 11 is 5.84. The maximum absolute atomic E-state index is 11.5. The van der Waals surface area contributed by atoms with Crippen molar-refractivity contribution in [2.75, 3.05) is 0 Å². The van der Waals surface area contributed by atoms with Crippen LogP contribution >= 0.6 is 11.6 Å². The molecule has 92 valence electrons. The molecule has 5 heteroatoms. The number of hydrogen-bond acceptors (Lipinski definition) is 2. The Bertz CT molecular complexity index is 549. The molecule has 0 radical (unpaired) electrons. The molecule has 2 aromatic rings. The smallest absolute Gasteiger partial charge is 0.244 e. The second-order valence-corrected chi connectivity index (χ2v) is 4.12. The minimum Gasteiger partial charge on any atom is -0.347 e. The van der Waals surface area contributed by atoms with E-state index in [9.17, 15) is 4.79 Å². The van der Waals surface area contributed by atoms with Crippen molar-refractivity contribution >= 4 is 23.6 Å². The first-order valence-corrected chi connectivity index (χ1v) is 5.80. The minimum atomic E-state index is -0.162. The summed E-state index contributed by atoms with van der Waals surface area (Å²) in [5, 5.41) is 3.39. The van der Waals surface area contributed by atoms with Crippen molar-refractivity contribution in [2.24, 2.45) is 0 Å². The summed E-state index contributed by atoms with van der Waals surface area (Å²) in [5.74, 6) is -0.162. The van der Waals surface area contributed by atoms with Crippen LogP contribution in [0.1, 0.15) is 11.3 Å². The highest BCUT2D eigenvalue weighted by Gasteiger charge is 1.97. The first kappa shape index (κ1) is 12.4. The molecule has 2 rings (SSSR count). The highest BCUT2D eigenvalue weighted by atomic mass is 35.5. The van der Waals surface area contributed by atoms with E-state index in [1.165, 1.54) is 6.08 Å². The van der Waals surface area contributed by atoms with Crippen molar-refractivity contribution in [2.45, 2.75) is 6.54 Å². The molecular weight excluding hydrogens is 250 g/mol. The average molecular weight is 262 g/mol. The molecule has 0 fully saturated rings. The van der Waals surface area contributed by atoms with Crippen LogP contribution in [0, 0.1) is 0 Å². The van der Waals surface area contributed by atoms with Gasteiger partial charge in [-0.3, -0.25) is 4.79 Å². The second kappa shape index (κ2) is 6.02. The molecule has 0 unspecified atom stereocenters. The molecule has 2 N–H and O–H groups in total. The molecule has 1 aromatic carbocycles. The molecule has 0 saturated carbocycles. The van der Waals surface area contributed by atoms with Crippen LogP contribution in [0.4, 0.5) is 0 Å². The molecule has 1 amide bonds. The fraction of sp³-hybridized carbons (Fsp3) is 0.0769. The Morgan fingerprint density at radius 1 is 1.50 bits per heavy atom. The van der Waals surface area contributed by atoms with Crippen LogP contribution in [-0.2, 0) is 11.3 Å². The number of imidazole rings is 1. The molecular formula is C13H12ClN3O. The fourth-order valence-corrected chi connectivity index (χ4v) is 1.60.